The summed E-state index contributed by atoms with van der Waals surface area (Å²) < 4.78 is 11.4. The molecule has 5 aliphatic rings. The summed E-state index contributed by atoms with van der Waals surface area (Å²) in [4.78, 5) is 59.5. The van der Waals surface area contributed by atoms with Crippen LogP contribution in [0.5, 0.6) is 5.75 Å². The molecule has 2 saturated heterocycles. The van der Waals surface area contributed by atoms with Crippen LogP contribution in [0.4, 0.5) is 11.4 Å². The Morgan fingerprint density at radius 3 is 2.40 bits per heavy atom. The Kier molecular flexibility index (Phi) is 7.49. The maximum Gasteiger partial charge on any atom is 0.238 e. The highest BCUT2D eigenvalue weighted by molar-refractivity contribution is 6.22. The van der Waals surface area contributed by atoms with Gasteiger partial charge < -0.3 is 19.5 Å². The second-order valence-corrected chi connectivity index (χ2v) is 13.0. The molecule has 9 nitrogen and oxygen atoms in total. The predicted octanol–water partition coefficient (Wildman–Crippen LogP) is 3.85. The molecule has 2 aromatic rings. The van der Waals surface area contributed by atoms with E-state index in [0.29, 0.717) is 43.1 Å². The quantitative estimate of drug-likeness (QED) is 0.388. The van der Waals surface area contributed by atoms with Crippen molar-refractivity contribution in [3.8, 4) is 5.75 Å². The lowest BCUT2D eigenvalue weighted by atomic mass is 9.47. The summed E-state index contributed by atoms with van der Waals surface area (Å²) in [5, 5.41) is 9.50. The average Bonchev–Trinajstić information content (AvgIpc) is 3.32. The molecule has 2 amide bonds. The minimum Gasteiger partial charge on any atom is -0.491 e. The molecule has 3 fully saturated rings. The summed E-state index contributed by atoms with van der Waals surface area (Å²) in [6.07, 6.45) is 4.18. The SMILES string of the molecule is CC1=CC(=O)[C@@H]2C[C@@H]3C(=CC[C@@H]4C(=O)N(c5ccc(N6CCOCC6)cc5)C(=O)[C@@H]43)[C@H](c3ccccc3OCCO)[C@]2(C)C1=O. The number of morpholine rings is 1. The first kappa shape index (κ1) is 29.6. The van der Waals surface area contributed by atoms with Crippen LogP contribution in [0.15, 0.2) is 71.8 Å². The largest absolute Gasteiger partial charge is 0.491 e. The fourth-order valence-electron chi connectivity index (χ4n) is 8.63. The zero-order valence-electron chi connectivity index (χ0n) is 25.6. The Balaban J connectivity index is 1.28. The van der Waals surface area contributed by atoms with Crippen LogP contribution in [0, 0.1) is 29.1 Å². The molecule has 1 N–H and O–H groups in total. The van der Waals surface area contributed by atoms with E-state index in [1.54, 1.807) is 6.92 Å². The summed E-state index contributed by atoms with van der Waals surface area (Å²) in [7, 11) is 0. The van der Waals surface area contributed by atoms with E-state index in [2.05, 4.69) is 4.90 Å². The molecule has 2 aliphatic heterocycles. The highest BCUT2D eigenvalue weighted by Gasteiger charge is 2.63. The van der Waals surface area contributed by atoms with E-state index in [1.165, 1.54) is 11.0 Å². The first-order valence-electron chi connectivity index (χ1n) is 15.9. The lowest BCUT2D eigenvalue weighted by molar-refractivity contribution is -0.141. The summed E-state index contributed by atoms with van der Waals surface area (Å²) >= 11 is 0. The van der Waals surface area contributed by atoms with Crippen LogP contribution in [0.3, 0.4) is 0 Å². The van der Waals surface area contributed by atoms with Crippen LogP contribution < -0.4 is 14.5 Å². The molecule has 45 heavy (non-hydrogen) atoms. The number of nitrogens with zero attached hydrogens (tertiary/aromatic N) is 2. The lowest BCUT2D eigenvalue weighted by Crippen LogP contribution is -2.54. The van der Waals surface area contributed by atoms with Crippen molar-refractivity contribution in [3.05, 3.63) is 77.4 Å². The van der Waals surface area contributed by atoms with Crippen LogP contribution in [-0.4, -0.2) is 68.0 Å². The maximum atomic E-state index is 14.3. The zero-order chi connectivity index (χ0) is 31.5. The molecule has 0 unspecified atom stereocenters. The van der Waals surface area contributed by atoms with Crippen molar-refractivity contribution in [3.63, 3.8) is 0 Å². The van der Waals surface area contributed by atoms with E-state index in [-0.39, 0.29) is 36.6 Å². The van der Waals surface area contributed by atoms with Gasteiger partial charge in [0.15, 0.2) is 11.6 Å². The number of ether oxygens (including phenoxy) is 2. The van der Waals surface area contributed by atoms with Gasteiger partial charge in [0, 0.05) is 36.2 Å². The number of para-hydroxylation sites is 1. The first-order chi connectivity index (χ1) is 21.8. The van der Waals surface area contributed by atoms with Crippen molar-refractivity contribution in [2.75, 3.05) is 49.3 Å². The van der Waals surface area contributed by atoms with Gasteiger partial charge in [-0.2, -0.15) is 0 Å². The molecule has 1 saturated carbocycles. The van der Waals surface area contributed by atoms with Crippen molar-refractivity contribution in [1.82, 2.24) is 0 Å². The lowest BCUT2D eigenvalue weighted by Gasteiger charge is -2.53. The standard InChI is InChI=1S/C36H38N2O7/c1-21-19-29(40)28-20-27-24(32(36(28,2)33(21)41)25-5-3-4-6-30(25)45-18-15-39)11-12-26-31(27)35(43)38(34(26)42)23-9-7-22(8-10-23)37-13-16-44-17-14-37/h3-11,19,26-28,31-32,39H,12-18,20H2,1-2H3/t26-,27+,28-,31-,32+,36+/m0/s1. The molecular weight excluding hydrogens is 572 g/mol. The van der Waals surface area contributed by atoms with E-state index < -0.39 is 35.0 Å². The number of allylic oxidation sites excluding steroid dienone is 4. The van der Waals surface area contributed by atoms with E-state index in [1.807, 2.05) is 61.5 Å². The number of hydrogen-bond acceptors (Lipinski definition) is 8. The van der Waals surface area contributed by atoms with Crippen molar-refractivity contribution >= 4 is 34.8 Å². The summed E-state index contributed by atoms with van der Waals surface area (Å²) in [6, 6.07) is 15.0. The topological polar surface area (TPSA) is 113 Å². The van der Waals surface area contributed by atoms with Crippen LogP contribution in [0.2, 0.25) is 0 Å². The number of imide groups is 1. The normalized spacial score (nSPS) is 31.2. The highest BCUT2D eigenvalue weighted by atomic mass is 16.5. The molecule has 0 radical (unpaired) electrons. The number of rotatable bonds is 6. The monoisotopic (exact) mass is 610 g/mol. The first-order valence-corrected chi connectivity index (χ1v) is 15.9. The fourth-order valence-corrected chi connectivity index (χ4v) is 8.63. The number of ketones is 2. The Morgan fingerprint density at radius 1 is 0.956 bits per heavy atom. The third-order valence-electron chi connectivity index (χ3n) is 10.7. The van der Waals surface area contributed by atoms with Crippen molar-refractivity contribution < 1.29 is 33.8 Å². The van der Waals surface area contributed by atoms with Crippen molar-refractivity contribution in [2.24, 2.45) is 29.1 Å². The van der Waals surface area contributed by atoms with E-state index >= 15 is 0 Å². The van der Waals surface area contributed by atoms with E-state index in [0.717, 1.165) is 29.9 Å². The molecule has 0 aromatic heterocycles. The van der Waals surface area contributed by atoms with Crippen LogP contribution >= 0.6 is 0 Å². The number of carbonyl (C=O) groups is 4. The van der Waals surface area contributed by atoms with Gasteiger partial charge in [-0.1, -0.05) is 36.8 Å². The number of amides is 2. The highest BCUT2D eigenvalue weighted by Crippen LogP contribution is 2.63. The van der Waals surface area contributed by atoms with Crippen LogP contribution in [0.25, 0.3) is 0 Å². The van der Waals surface area contributed by atoms with E-state index in [4.69, 9.17) is 9.47 Å². The van der Waals surface area contributed by atoms with Gasteiger partial charge in [-0.3, -0.25) is 24.1 Å². The number of benzene rings is 2. The smallest absolute Gasteiger partial charge is 0.238 e. The number of hydrogen-bond donors (Lipinski definition) is 1. The number of anilines is 2. The Labute approximate surface area is 262 Å². The van der Waals surface area contributed by atoms with Gasteiger partial charge in [0.05, 0.1) is 42.8 Å². The number of carbonyl (C=O) groups excluding carboxylic acids is 4. The predicted molar refractivity (Wildman–Crippen MR) is 167 cm³/mol. The van der Waals surface area contributed by atoms with Gasteiger partial charge in [0.2, 0.25) is 11.8 Å². The summed E-state index contributed by atoms with van der Waals surface area (Å²) in [6.45, 7) is 6.35. The summed E-state index contributed by atoms with van der Waals surface area (Å²) in [5.74, 6) is -2.93. The third-order valence-corrected chi connectivity index (χ3v) is 10.7. The van der Waals surface area contributed by atoms with Crippen LogP contribution in [-0.2, 0) is 23.9 Å². The average molecular weight is 611 g/mol. The molecule has 9 heteroatoms. The van der Waals surface area contributed by atoms with Gasteiger partial charge in [0.25, 0.3) is 0 Å². The Hall–Kier alpha value is -4.08. The molecule has 2 aromatic carbocycles. The molecule has 0 spiro atoms. The maximum absolute atomic E-state index is 14.3. The Morgan fingerprint density at radius 2 is 1.67 bits per heavy atom. The minimum absolute atomic E-state index is 0.0785. The number of aliphatic hydroxyl groups excluding tert-OH is 1. The fraction of sp³-hybridized carbons (Fsp3) is 0.444. The van der Waals surface area contributed by atoms with Crippen molar-refractivity contribution in [1.29, 1.82) is 0 Å². The van der Waals surface area contributed by atoms with Gasteiger partial charge in [-0.15, -0.1) is 0 Å². The third kappa shape index (κ3) is 4.58. The molecular formula is C36H38N2O7. The van der Waals surface area contributed by atoms with Gasteiger partial charge >= 0.3 is 0 Å². The second-order valence-electron chi connectivity index (χ2n) is 13.0. The van der Waals surface area contributed by atoms with Gasteiger partial charge in [0.1, 0.15) is 12.4 Å². The van der Waals surface area contributed by atoms with Gasteiger partial charge in [-0.05, 0) is 67.7 Å². The molecule has 3 aliphatic carbocycles. The van der Waals surface area contributed by atoms with Crippen LogP contribution in [0.1, 0.15) is 38.2 Å². The Bertz CT molecular complexity index is 1620. The summed E-state index contributed by atoms with van der Waals surface area (Å²) in [5.41, 5.74) is 2.55. The molecule has 2 heterocycles. The second kappa shape index (κ2) is 11.4. The number of Topliss-reactive ketones (excluding diaryl/α,β-unsaturated/α-hetero) is 1. The molecule has 0 bridgehead atoms. The number of aliphatic hydroxyl groups is 1. The molecule has 6 atom stereocenters. The molecule has 7 rings (SSSR count). The molecule has 234 valence electrons. The zero-order valence-corrected chi connectivity index (χ0v) is 25.6. The minimum atomic E-state index is -1.09. The van der Waals surface area contributed by atoms with E-state index in [9.17, 15) is 24.3 Å². The van der Waals surface area contributed by atoms with Crippen molar-refractivity contribution in [2.45, 2.75) is 32.6 Å². The number of fused-ring (bicyclic) bond motifs is 4. The van der Waals surface area contributed by atoms with Gasteiger partial charge in [-0.25, -0.2) is 0 Å².